The van der Waals surface area contributed by atoms with E-state index in [4.69, 9.17) is 23.2 Å². The van der Waals surface area contributed by atoms with Gasteiger partial charge in [0.25, 0.3) is 5.91 Å². The van der Waals surface area contributed by atoms with Crippen LogP contribution in [-0.4, -0.2) is 36.3 Å². The Balaban J connectivity index is 1.90. The van der Waals surface area contributed by atoms with E-state index in [9.17, 15) is 49.1 Å². The van der Waals surface area contributed by atoms with Crippen LogP contribution in [-0.2, 0) is 11.0 Å². The van der Waals surface area contributed by atoms with Crippen LogP contribution in [0.2, 0.25) is 10.0 Å². The number of hydrogen-bond donors (Lipinski definition) is 2. The molecule has 0 bridgehead atoms. The number of hydrogen-bond acceptors (Lipinski definition) is 2. The third-order valence-corrected chi connectivity index (χ3v) is 6.90. The quantitative estimate of drug-likeness (QED) is 0.313. The zero-order valence-corrected chi connectivity index (χ0v) is 21.7. The normalized spacial score (nSPS) is 16.1. The molecule has 1 aliphatic carbocycles. The van der Waals surface area contributed by atoms with Crippen molar-refractivity contribution in [2.75, 3.05) is 6.54 Å². The van der Waals surface area contributed by atoms with Crippen LogP contribution in [0.5, 0.6) is 0 Å². The molecule has 0 heterocycles. The molecule has 2 aromatic carbocycles. The second-order valence-electron chi connectivity index (χ2n) is 9.15. The molecule has 0 radical (unpaired) electrons. The van der Waals surface area contributed by atoms with Crippen LogP contribution in [0.1, 0.15) is 51.4 Å². The molecule has 1 unspecified atom stereocenters. The van der Waals surface area contributed by atoms with E-state index in [0.717, 1.165) is 24.3 Å². The van der Waals surface area contributed by atoms with Gasteiger partial charge in [0.2, 0.25) is 5.91 Å². The Morgan fingerprint density at radius 1 is 1.00 bits per heavy atom. The SMILES string of the molecule is Cc1cc(C(/C=C/c2ccc(C(=O)NC3(C(=O)NCC(F)(F)F)CC3)c(C(F)(F)F)c2)C(F)(F)F)cc(Cl)c1Cl. The lowest BCUT2D eigenvalue weighted by molar-refractivity contribution is -0.140. The number of halogens is 11. The van der Waals surface area contributed by atoms with Gasteiger partial charge in [0, 0.05) is 0 Å². The molecular formula is C25H19Cl2F9N2O2. The average molecular weight is 621 g/mol. The summed E-state index contributed by atoms with van der Waals surface area (Å²) in [5.74, 6) is -4.85. The number of carbonyl (C=O) groups is 2. The van der Waals surface area contributed by atoms with Crippen molar-refractivity contribution in [3.8, 4) is 0 Å². The average Bonchev–Trinajstić information content (AvgIpc) is 3.59. The molecule has 1 aliphatic rings. The van der Waals surface area contributed by atoms with E-state index in [1.807, 2.05) is 5.32 Å². The zero-order chi connectivity index (χ0) is 30.3. The van der Waals surface area contributed by atoms with E-state index in [0.29, 0.717) is 18.2 Å². The number of nitrogens with one attached hydrogen (secondary N) is 2. The minimum atomic E-state index is -5.14. The van der Waals surface area contributed by atoms with E-state index in [2.05, 4.69) is 0 Å². The number of carbonyl (C=O) groups excluding carboxylic acids is 2. The molecule has 2 amide bonds. The molecule has 0 aliphatic heterocycles. The Hall–Kier alpha value is -2.93. The lowest BCUT2D eigenvalue weighted by atomic mass is 9.95. The molecule has 15 heteroatoms. The topological polar surface area (TPSA) is 58.2 Å². The van der Waals surface area contributed by atoms with Crippen molar-refractivity contribution >= 4 is 41.1 Å². The first-order valence-electron chi connectivity index (χ1n) is 11.3. The van der Waals surface area contributed by atoms with E-state index in [1.165, 1.54) is 6.92 Å². The Kier molecular flexibility index (Phi) is 8.81. The van der Waals surface area contributed by atoms with Crippen LogP contribution in [0.3, 0.4) is 0 Å². The first kappa shape index (κ1) is 31.6. The maximum Gasteiger partial charge on any atom is 0.417 e. The van der Waals surface area contributed by atoms with Crippen molar-refractivity contribution < 1.29 is 49.1 Å². The van der Waals surface area contributed by atoms with Crippen LogP contribution in [0, 0.1) is 6.92 Å². The number of aryl methyl sites for hydroxylation is 1. The summed E-state index contributed by atoms with van der Waals surface area (Å²) in [4.78, 5) is 24.8. The Morgan fingerprint density at radius 3 is 2.12 bits per heavy atom. The Bertz CT molecular complexity index is 1310. The summed E-state index contributed by atoms with van der Waals surface area (Å²) in [6.07, 6.45) is -13.5. The fourth-order valence-corrected chi connectivity index (χ4v) is 4.20. The highest BCUT2D eigenvalue weighted by Crippen LogP contribution is 2.41. The lowest BCUT2D eigenvalue weighted by Gasteiger charge is -2.20. The van der Waals surface area contributed by atoms with E-state index >= 15 is 0 Å². The van der Waals surface area contributed by atoms with Gasteiger partial charge in [0.05, 0.1) is 27.1 Å². The van der Waals surface area contributed by atoms with Crippen LogP contribution in [0.15, 0.2) is 36.4 Å². The summed E-state index contributed by atoms with van der Waals surface area (Å²) in [6, 6.07) is 4.24. The molecule has 0 aromatic heterocycles. The number of benzene rings is 2. The molecule has 1 fully saturated rings. The maximum atomic E-state index is 13.8. The second-order valence-corrected chi connectivity index (χ2v) is 9.93. The van der Waals surface area contributed by atoms with Crippen molar-refractivity contribution in [3.05, 3.63) is 74.3 Å². The fraction of sp³-hybridized carbons (Fsp3) is 0.360. The van der Waals surface area contributed by atoms with Crippen LogP contribution < -0.4 is 10.6 Å². The summed E-state index contributed by atoms with van der Waals surface area (Å²) >= 11 is 11.8. The summed E-state index contributed by atoms with van der Waals surface area (Å²) < 4.78 is 120. The predicted octanol–water partition coefficient (Wildman–Crippen LogP) is 7.62. The molecule has 0 saturated heterocycles. The lowest BCUT2D eigenvalue weighted by Crippen LogP contribution is -2.51. The molecule has 218 valence electrons. The molecule has 3 rings (SSSR count). The zero-order valence-electron chi connectivity index (χ0n) is 20.2. The first-order valence-corrected chi connectivity index (χ1v) is 12.1. The molecule has 2 N–H and O–H groups in total. The first-order chi connectivity index (χ1) is 18.2. The van der Waals surface area contributed by atoms with Gasteiger partial charge < -0.3 is 10.6 Å². The molecule has 4 nitrogen and oxygen atoms in total. The van der Waals surface area contributed by atoms with Gasteiger partial charge in [-0.25, -0.2) is 0 Å². The van der Waals surface area contributed by atoms with Gasteiger partial charge in [-0.3, -0.25) is 9.59 Å². The van der Waals surface area contributed by atoms with Crippen molar-refractivity contribution in [2.24, 2.45) is 0 Å². The van der Waals surface area contributed by atoms with Gasteiger partial charge in [-0.05, 0) is 54.7 Å². The van der Waals surface area contributed by atoms with Crippen LogP contribution >= 0.6 is 23.2 Å². The van der Waals surface area contributed by atoms with Gasteiger partial charge in [-0.1, -0.05) is 47.5 Å². The highest BCUT2D eigenvalue weighted by atomic mass is 35.5. The molecule has 40 heavy (non-hydrogen) atoms. The minimum Gasteiger partial charge on any atom is -0.345 e. The molecule has 2 aromatic rings. The molecule has 1 atom stereocenters. The Labute approximate surface area is 231 Å². The van der Waals surface area contributed by atoms with Gasteiger partial charge in [0.1, 0.15) is 12.1 Å². The van der Waals surface area contributed by atoms with E-state index in [1.54, 1.807) is 5.32 Å². The predicted molar refractivity (Wildman–Crippen MR) is 129 cm³/mol. The maximum absolute atomic E-state index is 13.8. The van der Waals surface area contributed by atoms with Crippen LogP contribution in [0.4, 0.5) is 39.5 Å². The summed E-state index contributed by atoms with van der Waals surface area (Å²) in [7, 11) is 0. The largest absolute Gasteiger partial charge is 0.417 e. The second kappa shape index (κ2) is 11.2. The van der Waals surface area contributed by atoms with E-state index in [-0.39, 0.29) is 39.6 Å². The number of amides is 2. The minimum absolute atomic E-state index is 0.0461. The monoisotopic (exact) mass is 620 g/mol. The van der Waals surface area contributed by atoms with Crippen molar-refractivity contribution in [3.63, 3.8) is 0 Å². The molecular weight excluding hydrogens is 602 g/mol. The number of allylic oxidation sites excluding steroid dienone is 1. The molecule has 0 spiro atoms. The standard InChI is InChI=1S/C25H19Cl2F9N2O2/c1-12-8-14(10-18(26)19(12)27)16(24(31,32)33)5-3-13-2-4-15(17(9-13)25(34,35)36)20(39)38-22(6-7-22)21(40)37-11-23(28,29)30/h2-5,8-10,16H,6-7,11H2,1H3,(H,37,40)(H,38,39)/b5-3+. The third kappa shape index (κ3) is 7.62. The van der Waals surface area contributed by atoms with Crippen molar-refractivity contribution in [1.29, 1.82) is 0 Å². The van der Waals surface area contributed by atoms with Crippen LogP contribution in [0.25, 0.3) is 6.08 Å². The highest BCUT2D eigenvalue weighted by Gasteiger charge is 2.52. The van der Waals surface area contributed by atoms with Gasteiger partial charge in [-0.2, -0.15) is 39.5 Å². The highest BCUT2D eigenvalue weighted by molar-refractivity contribution is 6.42. The number of alkyl halides is 9. The third-order valence-electron chi connectivity index (χ3n) is 6.01. The van der Waals surface area contributed by atoms with Crippen molar-refractivity contribution in [1.82, 2.24) is 10.6 Å². The number of rotatable bonds is 7. The smallest absolute Gasteiger partial charge is 0.345 e. The summed E-state index contributed by atoms with van der Waals surface area (Å²) in [5, 5.41) is 3.53. The summed E-state index contributed by atoms with van der Waals surface area (Å²) in [5.41, 5.74) is -4.68. The fourth-order valence-electron chi connectivity index (χ4n) is 3.82. The van der Waals surface area contributed by atoms with Gasteiger partial charge in [-0.15, -0.1) is 0 Å². The van der Waals surface area contributed by atoms with Gasteiger partial charge in [0.15, 0.2) is 0 Å². The van der Waals surface area contributed by atoms with Gasteiger partial charge >= 0.3 is 18.5 Å². The molecule has 1 saturated carbocycles. The van der Waals surface area contributed by atoms with Crippen molar-refractivity contribution in [2.45, 2.75) is 49.8 Å². The van der Waals surface area contributed by atoms with E-state index < -0.39 is 59.5 Å². The Morgan fingerprint density at radius 2 is 1.62 bits per heavy atom. The summed E-state index contributed by atoms with van der Waals surface area (Å²) in [6.45, 7) is -0.265.